The monoisotopic (exact) mass is 631 g/mol. The minimum absolute atomic E-state index is 0. The minimum atomic E-state index is -6.00. The number of unbranched alkanes of at least 4 members (excludes halogenated alkanes) is 4. The Morgan fingerprint density at radius 3 is 1.44 bits per heavy atom. The SMILES string of the molecule is CC(C)(C)C1=C[C@@H](C(C)(C)C)CC1.CCCCCCC[C@H]1C[C@@H](C(C)(C)C)C=C1C(C)(C)C.F[B-](F)(F)F.[CH3-].[CH3-].[Fe+3]. The van der Waals surface area contributed by atoms with Gasteiger partial charge in [-0.25, -0.2) is 0 Å². The van der Waals surface area contributed by atoms with Crippen molar-refractivity contribution in [3.8, 4) is 0 Å². The van der Waals surface area contributed by atoms with Crippen LogP contribution >= 0.6 is 0 Å². The summed E-state index contributed by atoms with van der Waals surface area (Å²) in [5.41, 5.74) is 5.02. The molecule has 2 aliphatic carbocycles. The molecule has 1 radical (unpaired) electrons. The quantitative estimate of drug-likeness (QED) is 0.0900. The van der Waals surface area contributed by atoms with Gasteiger partial charge in [0, 0.05) is 0 Å². The van der Waals surface area contributed by atoms with Crippen LogP contribution in [0.2, 0.25) is 0 Å². The first-order valence-electron chi connectivity index (χ1n) is 15.2. The smallest absolute Gasteiger partial charge is 0.418 e. The van der Waals surface area contributed by atoms with Crippen LogP contribution in [0.4, 0.5) is 17.3 Å². The van der Waals surface area contributed by atoms with Gasteiger partial charge in [0.05, 0.1) is 0 Å². The summed E-state index contributed by atoms with van der Waals surface area (Å²) < 4.78 is 39.0. The third-order valence-corrected chi connectivity index (χ3v) is 8.20. The van der Waals surface area contributed by atoms with E-state index in [1.54, 1.807) is 11.1 Å². The van der Waals surface area contributed by atoms with E-state index in [4.69, 9.17) is 0 Å². The van der Waals surface area contributed by atoms with Gasteiger partial charge in [-0.1, -0.05) is 145 Å². The van der Waals surface area contributed by atoms with E-state index < -0.39 is 7.25 Å². The summed E-state index contributed by atoms with van der Waals surface area (Å²) in [4.78, 5) is 0. The topological polar surface area (TPSA) is 0 Å². The van der Waals surface area contributed by atoms with E-state index in [2.05, 4.69) is 102 Å². The van der Waals surface area contributed by atoms with Gasteiger partial charge in [-0.05, 0) is 65.1 Å². The van der Waals surface area contributed by atoms with Crippen LogP contribution in [0.15, 0.2) is 23.3 Å². The Morgan fingerprint density at radius 2 is 1.12 bits per heavy atom. The van der Waals surface area contributed by atoms with Crippen molar-refractivity contribution in [3.05, 3.63) is 38.2 Å². The second-order valence-electron chi connectivity index (χ2n) is 15.9. The molecule has 0 nitrogen and oxygen atoms in total. The van der Waals surface area contributed by atoms with Gasteiger partial charge in [0.1, 0.15) is 0 Å². The number of hydrogen-bond acceptors (Lipinski definition) is 0. The average Bonchev–Trinajstić information content (AvgIpc) is 3.34. The molecule has 0 amide bonds. The Bertz CT molecular complexity index is 735. The molecule has 0 unspecified atom stereocenters. The van der Waals surface area contributed by atoms with Crippen molar-refractivity contribution in [1.29, 1.82) is 0 Å². The zero-order valence-corrected chi connectivity index (χ0v) is 30.8. The van der Waals surface area contributed by atoms with E-state index in [1.165, 1.54) is 57.8 Å². The predicted molar refractivity (Wildman–Crippen MR) is 175 cm³/mol. The van der Waals surface area contributed by atoms with Crippen LogP contribution in [-0.4, -0.2) is 7.25 Å². The summed E-state index contributed by atoms with van der Waals surface area (Å²) in [5, 5.41) is 0. The maximum absolute atomic E-state index is 9.75. The van der Waals surface area contributed by atoms with Crippen LogP contribution in [0, 0.1) is 54.3 Å². The van der Waals surface area contributed by atoms with Gasteiger partial charge in [-0.15, -0.1) is 0 Å². The van der Waals surface area contributed by atoms with Crippen molar-refractivity contribution in [3.63, 3.8) is 0 Å². The number of rotatable bonds is 6. The van der Waals surface area contributed by atoms with E-state index in [9.17, 15) is 17.3 Å². The van der Waals surface area contributed by atoms with Crippen molar-refractivity contribution < 1.29 is 34.3 Å². The van der Waals surface area contributed by atoms with E-state index in [0.717, 1.165) is 17.8 Å². The molecule has 0 N–H and O–H groups in total. The van der Waals surface area contributed by atoms with Crippen LogP contribution in [-0.2, 0) is 17.1 Å². The Balaban J connectivity index is -0.000000283. The van der Waals surface area contributed by atoms with Gasteiger partial charge in [-0.2, -0.15) is 0 Å². The predicted octanol–water partition coefficient (Wildman–Crippen LogP) is 13.6. The molecule has 0 bridgehead atoms. The molecule has 0 saturated heterocycles. The largest absolute Gasteiger partial charge is 3.00 e. The average molecular weight is 632 g/mol. The van der Waals surface area contributed by atoms with Crippen molar-refractivity contribution in [2.75, 3.05) is 0 Å². The molecule has 0 aliphatic heterocycles. The maximum Gasteiger partial charge on any atom is 3.00 e. The first-order chi connectivity index (χ1) is 16.9. The van der Waals surface area contributed by atoms with E-state index >= 15 is 0 Å². The molecule has 247 valence electrons. The molecule has 2 aliphatic rings. The first-order valence-corrected chi connectivity index (χ1v) is 15.2. The molecule has 0 spiro atoms. The first kappa shape index (κ1) is 47.7. The van der Waals surface area contributed by atoms with Crippen molar-refractivity contribution in [1.82, 2.24) is 0 Å². The Morgan fingerprint density at radius 1 is 0.683 bits per heavy atom. The summed E-state index contributed by atoms with van der Waals surface area (Å²) in [5.74, 6) is 2.42. The molecule has 0 aromatic heterocycles. The zero-order chi connectivity index (χ0) is 30.2. The van der Waals surface area contributed by atoms with E-state index in [1.807, 2.05) is 0 Å². The van der Waals surface area contributed by atoms with Crippen LogP contribution < -0.4 is 0 Å². The molecular weight excluding hydrogens is 563 g/mol. The minimum Gasteiger partial charge on any atom is -0.418 e. The van der Waals surface area contributed by atoms with Crippen LogP contribution in [0.3, 0.4) is 0 Å². The van der Waals surface area contributed by atoms with E-state index in [-0.39, 0.29) is 31.9 Å². The zero-order valence-electron chi connectivity index (χ0n) is 29.7. The Kier molecular flexibility index (Phi) is 22.4. The van der Waals surface area contributed by atoms with Crippen LogP contribution in [0.5, 0.6) is 0 Å². The number of allylic oxidation sites excluding steroid dienone is 4. The number of halogens is 4. The fourth-order valence-corrected chi connectivity index (χ4v) is 5.62. The van der Waals surface area contributed by atoms with Crippen molar-refractivity contribution >= 4 is 7.25 Å². The molecule has 0 fully saturated rings. The van der Waals surface area contributed by atoms with Gasteiger partial charge in [0.2, 0.25) is 0 Å². The second kappa shape index (κ2) is 19.2. The molecule has 2 rings (SSSR count). The summed E-state index contributed by atoms with van der Waals surface area (Å²) in [7, 11) is -6.00. The van der Waals surface area contributed by atoms with Gasteiger partial charge in [-0.3, -0.25) is 0 Å². The van der Waals surface area contributed by atoms with Gasteiger partial charge < -0.3 is 32.1 Å². The fraction of sp³-hybridized carbons (Fsp3) is 0.829. The Labute approximate surface area is 266 Å². The molecule has 41 heavy (non-hydrogen) atoms. The van der Waals surface area contributed by atoms with Gasteiger partial charge in [0.25, 0.3) is 0 Å². The van der Waals surface area contributed by atoms with Crippen LogP contribution in [0.25, 0.3) is 0 Å². The maximum atomic E-state index is 9.75. The fourth-order valence-electron chi connectivity index (χ4n) is 5.62. The molecule has 0 saturated carbocycles. The third kappa shape index (κ3) is 21.2. The molecular formula is C35H68BF4Fe. The summed E-state index contributed by atoms with van der Waals surface area (Å²) >= 11 is 0. The van der Waals surface area contributed by atoms with Gasteiger partial charge >= 0.3 is 24.3 Å². The Hall–Kier alpha value is -0.216. The van der Waals surface area contributed by atoms with Crippen molar-refractivity contribution in [2.45, 2.75) is 148 Å². The summed E-state index contributed by atoms with van der Waals surface area (Å²) in [6, 6.07) is 0. The molecule has 0 aromatic carbocycles. The normalized spacial score (nSPS) is 21.0. The molecule has 0 heterocycles. The standard InChI is InChI=1S/C20H38.C13H24.2CH3.BF4.Fe/c1-8-9-10-11-12-13-16-14-17(19(2,3)4)15-18(16)20(5,6)7;1-12(2,3)10-7-8-11(9-10)13(4,5)6;;;2-1(3,4)5;/h15-17H,8-14H2,1-7H3;9-10H,7-8H2,1-6H3;2*1H3;;/q;;3*-1;+3/t16-,17+;10-;;;;/m00..../s1. The molecule has 6 heteroatoms. The van der Waals surface area contributed by atoms with Crippen LogP contribution in [0.1, 0.15) is 148 Å². The van der Waals surface area contributed by atoms with Crippen molar-refractivity contribution in [2.24, 2.45) is 39.4 Å². The van der Waals surface area contributed by atoms with E-state index in [0.29, 0.717) is 21.7 Å². The summed E-state index contributed by atoms with van der Waals surface area (Å²) in [6.45, 7) is 30.7. The number of hydrogen-bond donors (Lipinski definition) is 0. The molecule has 0 aromatic rings. The second-order valence-corrected chi connectivity index (χ2v) is 15.9. The summed E-state index contributed by atoms with van der Waals surface area (Å²) in [6.07, 6.45) is 17.7. The third-order valence-electron chi connectivity index (χ3n) is 8.20. The molecule has 3 atom stereocenters. The van der Waals surface area contributed by atoms with Gasteiger partial charge in [0.15, 0.2) is 0 Å².